The topological polar surface area (TPSA) is 67.4 Å². The zero-order valence-electron chi connectivity index (χ0n) is 13.4. The van der Waals surface area contributed by atoms with E-state index < -0.39 is 6.04 Å². The molecule has 0 radical (unpaired) electrons. The average Bonchev–Trinajstić information content (AvgIpc) is 2.55. The summed E-state index contributed by atoms with van der Waals surface area (Å²) in [5.41, 5.74) is 2.08. The summed E-state index contributed by atoms with van der Waals surface area (Å²) in [6.07, 6.45) is 0. The van der Waals surface area contributed by atoms with Gasteiger partial charge >= 0.3 is 0 Å². The monoisotopic (exact) mass is 312 g/mol. The molecule has 0 spiro atoms. The molecular formula is C18H20N2O3. The number of ether oxygens (including phenoxy) is 1. The summed E-state index contributed by atoms with van der Waals surface area (Å²) in [6, 6.07) is 13.6. The molecule has 0 saturated carbocycles. The number of aryl methyl sites for hydroxylation is 1. The lowest BCUT2D eigenvalue weighted by Gasteiger charge is -2.15. The van der Waals surface area contributed by atoms with Gasteiger partial charge in [-0.25, -0.2) is 0 Å². The van der Waals surface area contributed by atoms with Crippen LogP contribution in [0.4, 0.5) is 5.69 Å². The van der Waals surface area contributed by atoms with E-state index in [2.05, 4.69) is 10.6 Å². The van der Waals surface area contributed by atoms with Crippen LogP contribution >= 0.6 is 0 Å². The number of rotatable bonds is 5. The van der Waals surface area contributed by atoms with Crippen molar-refractivity contribution in [1.29, 1.82) is 0 Å². The first-order valence-electron chi connectivity index (χ1n) is 7.32. The molecule has 2 aromatic carbocycles. The Hall–Kier alpha value is -2.82. The Kier molecular flexibility index (Phi) is 5.36. The van der Waals surface area contributed by atoms with Gasteiger partial charge in [-0.2, -0.15) is 0 Å². The highest BCUT2D eigenvalue weighted by Gasteiger charge is 2.17. The highest BCUT2D eigenvalue weighted by molar-refractivity contribution is 6.01. The Bertz CT molecular complexity index is 696. The van der Waals surface area contributed by atoms with Crippen LogP contribution in [0.2, 0.25) is 0 Å². The van der Waals surface area contributed by atoms with Crippen molar-refractivity contribution < 1.29 is 14.3 Å². The molecule has 23 heavy (non-hydrogen) atoms. The van der Waals surface area contributed by atoms with E-state index in [-0.39, 0.29) is 11.8 Å². The molecule has 2 N–H and O–H groups in total. The molecule has 0 aromatic heterocycles. The summed E-state index contributed by atoms with van der Waals surface area (Å²) < 4.78 is 5.06. The predicted molar refractivity (Wildman–Crippen MR) is 89.7 cm³/mol. The van der Waals surface area contributed by atoms with Crippen molar-refractivity contribution in [3.8, 4) is 5.75 Å². The van der Waals surface area contributed by atoms with Crippen LogP contribution in [0.3, 0.4) is 0 Å². The molecule has 0 aliphatic rings. The molecule has 0 unspecified atom stereocenters. The van der Waals surface area contributed by atoms with Gasteiger partial charge in [-0.05, 0) is 49.7 Å². The molecule has 5 heteroatoms. The van der Waals surface area contributed by atoms with Gasteiger partial charge < -0.3 is 15.4 Å². The highest BCUT2D eigenvalue weighted by atomic mass is 16.5. The van der Waals surface area contributed by atoms with E-state index in [9.17, 15) is 9.59 Å². The molecule has 0 bridgehead atoms. The third kappa shape index (κ3) is 4.32. The molecule has 2 amide bonds. The van der Waals surface area contributed by atoms with Crippen LogP contribution in [-0.2, 0) is 4.79 Å². The van der Waals surface area contributed by atoms with Crippen LogP contribution in [-0.4, -0.2) is 25.0 Å². The van der Waals surface area contributed by atoms with Gasteiger partial charge in [0, 0.05) is 11.3 Å². The van der Waals surface area contributed by atoms with Crippen LogP contribution in [0.5, 0.6) is 5.75 Å². The summed E-state index contributed by atoms with van der Waals surface area (Å²) in [6.45, 7) is 3.51. The maximum Gasteiger partial charge on any atom is 0.252 e. The number of anilines is 1. The molecule has 0 saturated heterocycles. The van der Waals surface area contributed by atoms with E-state index in [1.807, 2.05) is 19.1 Å². The molecule has 2 aromatic rings. The number of amides is 2. The number of methoxy groups -OCH3 is 1. The summed E-state index contributed by atoms with van der Waals surface area (Å²) in [4.78, 5) is 24.4. The quantitative estimate of drug-likeness (QED) is 0.892. The van der Waals surface area contributed by atoms with E-state index in [4.69, 9.17) is 4.74 Å². The lowest BCUT2D eigenvalue weighted by atomic mass is 10.1. The molecule has 120 valence electrons. The first kappa shape index (κ1) is 16.5. The van der Waals surface area contributed by atoms with E-state index in [0.717, 1.165) is 5.56 Å². The fourth-order valence-corrected chi connectivity index (χ4v) is 2.09. The van der Waals surface area contributed by atoms with Gasteiger partial charge in [0.05, 0.1) is 7.11 Å². The Morgan fingerprint density at radius 2 is 1.70 bits per heavy atom. The Morgan fingerprint density at radius 3 is 2.30 bits per heavy atom. The van der Waals surface area contributed by atoms with Gasteiger partial charge in [-0.3, -0.25) is 9.59 Å². The molecule has 0 heterocycles. The van der Waals surface area contributed by atoms with Gasteiger partial charge in [0.15, 0.2) is 0 Å². The SMILES string of the molecule is COc1ccc(NC(=O)[C@H](C)NC(=O)c2ccccc2C)cc1. The van der Waals surface area contributed by atoms with Crippen LogP contribution in [0.15, 0.2) is 48.5 Å². The van der Waals surface area contributed by atoms with E-state index >= 15 is 0 Å². The highest BCUT2D eigenvalue weighted by Crippen LogP contribution is 2.15. The number of hydrogen-bond donors (Lipinski definition) is 2. The Labute approximate surface area is 135 Å². The molecule has 0 aliphatic carbocycles. The molecule has 2 rings (SSSR count). The Balaban J connectivity index is 1.96. The predicted octanol–water partition coefficient (Wildman–Crippen LogP) is 2.76. The van der Waals surface area contributed by atoms with E-state index in [1.165, 1.54) is 0 Å². The van der Waals surface area contributed by atoms with Crippen molar-refractivity contribution in [1.82, 2.24) is 5.32 Å². The fraction of sp³-hybridized carbons (Fsp3) is 0.222. The van der Waals surface area contributed by atoms with Gasteiger partial charge in [-0.1, -0.05) is 18.2 Å². The second-order valence-electron chi connectivity index (χ2n) is 5.23. The lowest BCUT2D eigenvalue weighted by molar-refractivity contribution is -0.117. The Morgan fingerprint density at radius 1 is 1.04 bits per heavy atom. The van der Waals surface area contributed by atoms with Crippen molar-refractivity contribution in [2.45, 2.75) is 19.9 Å². The second-order valence-corrected chi connectivity index (χ2v) is 5.23. The molecule has 5 nitrogen and oxygen atoms in total. The normalized spacial score (nSPS) is 11.4. The van der Waals surface area contributed by atoms with Crippen molar-refractivity contribution in [2.24, 2.45) is 0 Å². The van der Waals surface area contributed by atoms with Gasteiger partial charge in [-0.15, -0.1) is 0 Å². The molecular weight excluding hydrogens is 292 g/mol. The third-order valence-corrected chi connectivity index (χ3v) is 3.49. The van der Waals surface area contributed by atoms with Gasteiger partial charge in [0.2, 0.25) is 5.91 Å². The largest absolute Gasteiger partial charge is 0.497 e. The summed E-state index contributed by atoms with van der Waals surface area (Å²) in [7, 11) is 1.58. The minimum Gasteiger partial charge on any atom is -0.497 e. The maximum absolute atomic E-state index is 12.2. The minimum atomic E-state index is -0.649. The number of carbonyl (C=O) groups excluding carboxylic acids is 2. The van der Waals surface area contributed by atoms with Crippen LogP contribution in [0.25, 0.3) is 0 Å². The first-order chi connectivity index (χ1) is 11.0. The number of nitrogens with one attached hydrogen (secondary N) is 2. The number of benzene rings is 2. The fourth-order valence-electron chi connectivity index (χ4n) is 2.09. The van der Waals surface area contributed by atoms with Crippen molar-refractivity contribution >= 4 is 17.5 Å². The zero-order chi connectivity index (χ0) is 16.8. The van der Waals surface area contributed by atoms with Crippen molar-refractivity contribution in [2.75, 3.05) is 12.4 Å². The zero-order valence-corrected chi connectivity index (χ0v) is 13.4. The van der Waals surface area contributed by atoms with E-state index in [0.29, 0.717) is 17.0 Å². The third-order valence-electron chi connectivity index (χ3n) is 3.49. The minimum absolute atomic E-state index is 0.263. The van der Waals surface area contributed by atoms with Crippen molar-refractivity contribution in [3.63, 3.8) is 0 Å². The maximum atomic E-state index is 12.2. The number of carbonyl (C=O) groups is 2. The van der Waals surface area contributed by atoms with Gasteiger partial charge in [0.1, 0.15) is 11.8 Å². The van der Waals surface area contributed by atoms with Gasteiger partial charge in [0.25, 0.3) is 5.91 Å². The molecule has 1 atom stereocenters. The average molecular weight is 312 g/mol. The standard InChI is InChI=1S/C18H20N2O3/c1-12-6-4-5-7-16(12)18(22)19-13(2)17(21)20-14-8-10-15(23-3)11-9-14/h4-11,13H,1-3H3,(H,19,22)(H,20,21)/t13-/m0/s1. The van der Waals surface area contributed by atoms with E-state index in [1.54, 1.807) is 50.4 Å². The first-order valence-corrected chi connectivity index (χ1v) is 7.32. The molecule has 0 aliphatic heterocycles. The summed E-state index contributed by atoms with van der Waals surface area (Å²) in [5, 5.41) is 5.46. The van der Waals surface area contributed by atoms with Crippen molar-refractivity contribution in [3.05, 3.63) is 59.7 Å². The van der Waals surface area contributed by atoms with Crippen LogP contribution in [0, 0.1) is 6.92 Å². The molecule has 0 fully saturated rings. The number of hydrogen-bond acceptors (Lipinski definition) is 3. The van der Waals surface area contributed by atoms with Crippen LogP contribution in [0.1, 0.15) is 22.8 Å². The smallest absolute Gasteiger partial charge is 0.252 e. The van der Waals surface area contributed by atoms with Crippen LogP contribution < -0.4 is 15.4 Å². The summed E-state index contributed by atoms with van der Waals surface area (Å²) >= 11 is 0. The lowest BCUT2D eigenvalue weighted by Crippen LogP contribution is -2.41. The summed E-state index contributed by atoms with van der Waals surface area (Å²) in [5.74, 6) is 0.168. The second kappa shape index (κ2) is 7.45.